The molecule has 3 rings (SSSR count). The molecule has 1 aromatic carbocycles. The number of para-hydroxylation sites is 2. The van der Waals surface area contributed by atoms with Crippen LogP contribution in [-0.2, 0) is 4.74 Å². The molecule has 1 atom stereocenters. The Labute approximate surface area is 116 Å². The van der Waals surface area contributed by atoms with Gasteiger partial charge in [0.1, 0.15) is 6.33 Å². The Bertz CT molecular complexity index is 577. The predicted octanol–water partition coefficient (Wildman–Crippen LogP) is 1.63. The molecule has 1 fully saturated rings. The van der Waals surface area contributed by atoms with Crippen molar-refractivity contribution < 1.29 is 4.74 Å². The van der Waals surface area contributed by atoms with Crippen LogP contribution >= 0.6 is 12.2 Å². The van der Waals surface area contributed by atoms with Gasteiger partial charge in [-0.05, 0) is 37.2 Å². The van der Waals surface area contributed by atoms with Crippen LogP contribution in [0.1, 0.15) is 12.8 Å². The highest BCUT2D eigenvalue weighted by Crippen LogP contribution is 2.11. The van der Waals surface area contributed by atoms with Gasteiger partial charge in [0.05, 0.1) is 17.1 Å². The number of hydrogen-bond donors (Lipinski definition) is 2. The summed E-state index contributed by atoms with van der Waals surface area (Å²) < 4.78 is 7.36. The molecule has 0 saturated carbocycles. The van der Waals surface area contributed by atoms with Crippen molar-refractivity contribution >= 4 is 28.4 Å². The number of nitrogens with one attached hydrogen (secondary N) is 2. The maximum Gasteiger partial charge on any atom is 0.185 e. The first kappa shape index (κ1) is 12.4. The van der Waals surface area contributed by atoms with E-state index < -0.39 is 0 Å². The van der Waals surface area contributed by atoms with Gasteiger partial charge in [-0.25, -0.2) is 9.66 Å². The molecule has 0 spiro atoms. The Kier molecular flexibility index (Phi) is 3.61. The molecular weight excluding hydrogens is 260 g/mol. The van der Waals surface area contributed by atoms with Gasteiger partial charge in [-0.1, -0.05) is 12.1 Å². The van der Waals surface area contributed by atoms with Gasteiger partial charge in [0.2, 0.25) is 0 Å². The molecule has 1 saturated heterocycles. The number of nitrogens with zero attached hydrogens (tertiary/aromatic N) is 2. The quantitative estimate of drug-likeness (QED) is 0.835. The number of thiocarbonyl (C=S) groups is 1. The highest BCUT2D eigenvalue weighted by molar-refractivity contribution is 7.80. The van der Waals surface area contributed by atoms with Gasteiger partial charge >= 0.3 is 0 Å². The van der Waals surface area contributed by atoms with Gasteiger partial charge in [0.15, 0.2) is 5.11 Å². The molecule has 0 radical (unpaired) electrons. The largest absolute Gasteiger partial charge is 0.376 e. The van der Waals surface area contributed by atoms with Crippen LogP contribution in [0.4, 0.5) is 0 Å². The maximum atomic E-state index is 5.54. The summed E-state index contributed by atoms with van der Waals surface area (Å²) in [6.07, 6.45) is 4.24. The van der Waals surface area contributed by atoms with Gasteiger partial charge in [-0.15, -0.1) is 0 Å². The first-order chi connectivity index (χ1) is 9.33. The topological polar surface area (TPSA) is 51.1 Å². The van der Waals surface area contributed by atoms with E-state index in [4.69, 9.17) is 17.0 Å². The van der Waals surface area contributed by atoms with Gasteiger partial charge < -0.3 is 10.1 Å². The smallest absolute Gasteiger partial charge is 0.185 e. The van der Waals surface area contributed by atoms with Gasteiger partial charge in [0, 0.05) is 13.2 Å². The molecule has 100 valence electrons. The maximum absolute atomic E-state index is 5.54. The second-order valence-corrected chi connectivity index (χ2v) is 4.97. The summed E-state index contributed by atoms with van der Waals surface area (Å²) in [6, 6.07) is 7.91. The van der Waals surface area contributed by atoms with Crippen molar-refractivity contribution in [1.82, 2.24) is 15.0 Å². The van der Waals surface area contributed by atoms with Crippen LogP contribution in [0.25, 0.3) is 11.0 Å². The summed E-state index contributed by atoms with van der Waals surface area (Å²) in [4.78, 5) is 4.30. The highest BCUT2D eigenvalue weighted by atomic mass is 32.1. The molecule has 5 nitrogen and oxygen atoms in total. The minimum atomic E-state index is 0.277. The Balaban J connectivity index is 1.59. The minimum absolute atomic E-state index is 0.277. The number of imidazole rings is 1. The lowest BCUT2D eigenvalue weighted by molar-refractivity contribution is 0.114. The van der Waals surface area contributed by atoms with E-state index in [0.717, 1.165) is 37.0 Å². The van der Waals surface area contributed by atoms with Gasteiger partial charge in [0.25, 0.3) is 0 Å². The molecule has 2 N–H and O–H groups in total. The van der Waals surface area contributed by atoms with Crippen LogP contribution < -0.4 is 10.7 Å². The Morgan fingerprint density at radius 1 is 1.47 bits per heavy atom. The van der Waals surface area contributed by atoms with Crippen LogP contribution in [-0.4, -0.2) is 34.0 Å². The van der Waals surface area contributed by atoms with Crippen LogP contribution in [0.2, 0.25) is 0 Å². The van der Waals surface area contributed by atoms with E-state index in [2.05, 4.69) is 15.7 Å². The van der Waals surface area contributed by atoms with Crippen molar-refractivity contribution in [3.63, 3.8) is 0 Å². The average Bonchev–Trinajstić information content (AvgIpc) is 3.07. The third kappa shape index (κ3) is 2.85. The van der Waals surface area contributed by atoms with E-state index in [1.165, 1.54) is 0 Å². The summed E-state index contributed by atoms with van der Waals surface area (Å²) in [5, 5.41) is 3.76. The van der Waals surface area contributed by atoms with Crippen molar-refractivity contribution in [3.05, 3.63) is 30.6 Å². The lowest BCUT2D eigenvalue weighted by Crippen LogP contribution is -2.38. The van der Waals surface area contributed by atoms with Crippen LogP contribution in [0.3, 0.4) is 0 Å². The Morgan fingerprint density at radius 3 is 3.21 bits per heavy atom. The third-order valence-corrected chi connectivity index (χ3v) is 3.43. The fourth-order valence-corrected chi connectivity index (χ4v) is 2.39. The SMILES string of the molecule is S=C(NC[C@@H]1CCCO1)Nn1cnc2ccccc21. The zero-order valence-electron chi connectivity index (χ0n) is 10.5. The zero-order valence-corrected chi connectivity index (χ0v) is 11.3. The van der Waals surface area contributed by atoms with E-state index in [1.807, 2.05) is 28.9 Å². The van der Waals surface area contributed by atoms with Gasteiger partial charge in [-0.2, -0.15) is 0 Å². The molecule has 0 aliphatic carbocycles. The fourth-order valence-electron chi connectivity index (χ4n) is 2.21. The molecule has 0 unspecified atom stereocenters. The molecule has 0 amide bonds. The number of fused-ring (bicyclic) bond motifs is 1. The van der Waals surface area contributed by atoms with Crippen LogP contribution in [0.15, 0.2) is 30.6 Å². The van der Waals surface area contributed by atoms with E-state index in [1.54, 1.807) is 6.33 Å². The van der Waals surface area contributed by atoms with Crippen LogP contribution in [0, 0.1) is 0 Å². The van der Waals surface area contributed by atoms with Crippen molar-refractivity contribution in [2.45, 2.75) is 18.9 Å². The molecule has 19 heavy (non-hydrogen) atoms. The molecule has 1 aliphatic heterocycles. The second kappa shape index (κ2) is 5.54. The molecule has 1 aromatic heterocycles. The first-order valence-corrected chi connectivity index (χ1v) is 6.82. The number of benzene rings is 1. The molecular formula is C13H16N4OS. The number of aromatic nitrogens is 2. The van der Waals surface area contributed by atoms with E-state index >= 15 is 0 Å². The van der Waals surface area contributed by atoms with E-state index in [0.29, 0.717) is 5.11 Å². The molecule has 2 aromatic rings. The summed E-state index contributed by atoms with van der Waals surface area (Å²) in [7, 11) is 0. The fraction of sp³-hybridized carbons (Fsp3) is 0.385. The molecule has 1 aliphatic rings. The number of rotatable bonds is 3. The van der Waals surface area contributed by atoms with E-state index in [9.17, 15) is 0 Å². The van der Waals surface area contributed by atoms with Crippen molar-refractivity contribution in [2.24, 2.45) is 0 Å². The summed E-state index contributed by atoms with van der Waals surface area (Å²) in [6.45, 7) is 1.61. The monoisotopic (exact) mass is 276 g/mol. The molecule has 6 heteroatoms. The summed E-state index contributed by atoms with van der Waals surface area (Å²) in [5.74, 6) is 0. The summed E-state index contributed by atoms with van der Waals surface area (Å²) in [5.41, 5.74) is 5.05. The molecule has 2 heterocycles. The Hall–Kier alpha value is -1.66. The molecule has 0 bridgehead atoms. The number of hydrogen-bond acceptors (Lipinski definition) is 3. The van der Waals surface area contributed by atoms with Gasteiger partial charge in [-0.3, -0.25) is 5.43 Å². The highest BCUT2D eigenvalue weighted by Gasteiger charge is 2.15. The van der Waals surface area contributed by atoms with Crippen molar-refractivity contribution in [2.75, 3.05) is 18.6 Å². The second-order valence-electron chi connectivity index (χ2n) is 4.56. The van der Waals surface area contributed by atoms with Crippen LogP contribution in [0.5, 0.6) is 0 Å². The minimum Gasteiger partial charge on any atom is -0.376 e. The normalized spacial score (nSPS) is 18.6. The number of ether oxygens (including phenoxy) is 1. The Morgan fingerprint density at radius 2 is 2.37 bits per heavy atom. The standard InChI is InChI=1S/C13H16N4OS/c19-13(14-8-10-4-3-7-18-10)16-17-9-15-11-5-1-2-6-12(11)17/h1-2,5-6,9-10H,3-4,7-8H2,(H2,14,16,19)/t10-/m0/s1. The predicted molar refractivity (Wildman–Crippen MR) is 78.7 cm³/mol. The van der Waals surface area contributed by atoms with E-state index in [-0.39, 0.29) is 6.10 Å². The average molecular weight is 276 g/mol. The lowest BCUT2D eigenvalue weighted by atomic mass is 10.2. The first-order valence-electron chi connectivity index (χ1n) is 6.41. The van der Waals surface area contributed by atoms with Crippen molar-refractivity contribution in [3.8, 4) is 0 Å². The third-order valence-electron chi connectivity index (χ3n) is 3.19. The lowest BCUT2D eigenvalue weighted by Gasteiger charge is -2.14. The van der Waals surface area contributed by atoms with Crippen molar-refractivity contribution in [1.29, 1.82) is 0 Å². The summed E-state index contributed by atoms with van der Waals surface area (Å²) >= 11 is 5.27. The zero-order chi connectivity index (χ0) is 13.1.